The zero-order valence-electron chi connectivity index (χ0n) is 17.6. The number of methoxy groups -OCH3 is 1. The molecule has 0 aliphatic rings. The second-order valence-electron chi connectivity index (χ2n) is 6.58. The van der Waals surface area contributed by atoms with Crippen LogP contribution in [-0.4, -0.2) is 46.1 Å². The molecule has 162 valence electrons. The number of benzene rings is 2. The van der Waals surface area contributed by atoms with Crippen molar-refractivity contribution in [1.82, 2.24) is 20.1 Å². The monoisotopic (exact) mass is 440 g/mol. The number of carbonyl (C=O) groups is 2. The van der Waals surface area contributed by atoms with E-state index in [2.05, 4.69) is 15.5 Å². The number of hydrogen-bond acceptors (Lipinski definition) is 7. The molecule has 8 nitrogen and oxygen atoms in total. The van der Waals surface area contributed by atoms with Gasteiger partial charge in [-0.05, 0) is 50.2 Å². The summed E-state index contributed by atoms with van der Waals surface area (Å²) in [5, 5.41) is 11.8. The summed E-state index contributed by atoms with van der Waals surface area (Å²) in [6, 6.07) is 14.8. The fraction of sp³-hybridized carbons (Fsp3) is 0.273. The van der Waals surface area contributed by atoms with Crippen LogP contribution in [0.1, 0.15) is 28.7 Å². The first-order valence-corrected chi connectivity index (χ1v) is 10.7. The number of rotatable bonds is 9. The summed E-state index contributed by atoms with van der Waals surface area (Å²) < 4.78 is 12.0. The Labute approximate surface area is 185 Å². The SMILES string of the molecule is CCOc1ccc(-n2c(CNC(=O)c3cccc(C)c3)nnc2SCC(=O)OC)cc1. The summed E-state index contributed by atoms with van der Waals surface area (Å²) in [6.45, 7) is 4.60. The van der Waals surface area contributed by atoms with Gasteiger partial charge in [0, 0.05) is 11.3 Å². The predicted octanol–water partition coefficient (Wildman–Crippen LogP) is 3.17. The van der Waals surface area contributed by atoms with Gasteiger partial charge >= 0.3 is 5.97 Å². The van der Waals surface area contributed by atoms with Crippen LogP contribution in [0, 0.1) is 6.92 Å². The highest BCUT2D eigenvalue weighted by atomic mass is 32.2. The maximum atomic E-state index is 12.5. The first-order chi connectivity index (χ1) is 15.0. The highest BCUT2D eigenvalue weighted by Gasteiger charge is 2.17. The zero-order valence-corrected chi connectivity index (χ0v) is 18.4. The number of aromatic nitrogens is 3. The molecule has 2 aromatic carbocycles. The molecule has 31 heavy (non-hydrogen) atoms. The maximum absolute atomic E-state index is 12.5. The Morgan fingerprint density at radius 2 is 1.90 bits per heavy atom. The minimum Gasteiger partial charge on any atom is -0.494 e. The van der Waals surface area contributed by atoms with Crippen LogP contribution in [0.3, 0.4) is 0 Å². The molecule has 1 aromatic heterocycles. The van der Waals surface area contributed by atoms with E-state index in [0.717, 1.165) is 17.0 Å². The Kier molecular flexibility index (Phi) is 7.66. The molecule has 0 spiro atoms. The number of hydrogen-bond donors (Lipinski definition) is 1. The third-order valence-corrected chi connectivity index (χ3v) is 5.24. The van der Waals surface area contributed by atoms with Crippen molar-refractivity contribution >= 4 is 23.6 Å². The third-order valence-electron chi connectivity index (χ3n) is 4.34. The van der Waals surface area contributed by atoms with Gasteiger partial charge in [-0.1, -0.05) is 29.5 Å². The topological polar surface area (TPSA) is 95.3 Å². The average molecular weight is 441 g/mol. The molecule has 0 saturated carbocycles. The Morgan fingerprint density at radius 1 is 1.13 bits per heavy atom. The van der Waals surface area contributed by atoms with Gasteiger partial charge in [0.1, 0.15) is 5.75 Å². The van der Waals surface area contributed by atoms with Crippen molar-refractivity contribution in [2.45, 2.75) is 25.5 Å². The number of nitrogens with one attached hydrogen (secondary N) is 1. The van der Waals surface area contributed by atoms with Crippen molar-refractivity contribution in [3.05, 3.63) is 65.5 Å². The van der Waals surface area contributed by atoms with E-state index in [0.29, 0.717) is 23.2 Å². The van der Waals surface area contributed by atoms with Gasteiger partial charge in [-0.2, -0.15) is 0 Å². The lowest BCUT2D eigenvalue weighted by atomic mass is 10.1. The van der Waals surface area contributed by atoms with Gasteiger partial charge in [-0.25, -0.2) is 0 Å². The van der Waals surface area contributed by atoms with Crippen molar-refractivity contribution < 1.29 is 19.1 Å². The number of ether oxygens (including phenoxy) is 2. The number of aryl methyl sites for hydroxylation is 1. The van der Waals surface area contributed by atoms with Crippen LogP contribution in [0.4, 0.5) is 0 Å². The fourth-order valence-corrected chi connectivity index (χ4v) is 3.66. The zero-order chi connectivity index (χ0) is 22.2. The van der Waals surface area contributed by atoms with Gasteiger partial charge < -0.3 is 14.8 Å². The van der Waals surface area contributed by atoms with Crippen molar-refractivity contribution in [2.24, 2.45) is 0 Å². The predicted molar refractivity (Wildman–Crippen MR) is 118 cm³/mol. The van der Waals surface area contributed by atoms with Crippen LogP contribution in [0.5, 0.6) is 5.75 Å². The average Bonchev–Trinajstić information content (AvgIpc) is 3.19. The number of amides is 1. The van der Waals surface area contributed by atoms with E-state index >= 15 is 0 Å². The van der Waals surface area contributed by atoms with Gasteiger partial charge in [-0.3, -0.25) is 14.2 Å². The number of esters is 1. The number of nitrogens with zero attached hydrogens (tertiary/aromatic N) is 3. The Bertz CT molecular complexity index is 1050. The van der Waals surface area contributed by atoms with Crippen LogP contribution < -0.4 is 10.1 Å². The molecule has 1 heterocycles. The quantitative estimate of drug-likeness (QED) is 0.403. The third kappa shape index (κ3) is 5.85. The highest BCUT2D eigenvalue weighted by Crippen LogP contribution is 2.24. The van der Waals surface area contributed by atoms with Crippen molar-refractivity contribution in [2.75, 3.05) is 19.5 Å². The largest absolute Gasteiger partial charge is 0.494 e. The molecule has 3 rings (SSSR count). The van der Waals surface area contributed by atoms with E-state index < -0.39 is 0 Å². The lowest BCUT2D eigenvalue weighted by molar-refractivity contribution is -0.137. The molecular weight excluding hydrogens is 416 g/mol. The first kappa shape index (κ1) is 22.4. The minimum atomic E-state index is -0.361. The molecule has 0 saturated heterocycles. The van der Waals surface area contributed by atoms with Crippen LogP contribution in [0.25, 0.3) is 5.69 Å². The summed E-state index contributed by atoms with van der Waals surface area (Å²) in [7, 11) is 1.34. The molecule has 0 atom stereocenters. The van der Waals surface area contributed by atoms with Crippen molar-refractivity contribution in [3.8, 4) is 11.4 Å². The molecular formula is C22H24N4O4S. The molecule has 0 fully saturated rings. The molecule has 0 unspecified atom stereocenters. The first-order valence-electron chi connectivity index (χ1n) is 9.73. The fourth-order valence-electron chi connectivity index (χ4n) is 2.86. The smallest absolute Gasteiger partial charge is 0.316 e. The number of thioether (sulfide) groups is 1. The van der Waals surface area contributed by atoms with E-state index in [1.807, 2.05) is 56.3 Å². The lowest BCUT2D eigenvalue weighted by Gasteiger charge is -2.12. The normalized spacial score (nSPS) is 10.5. The summed E-state index contributed by atoms with van der Waals surface area (Å²) in [5.41, 5.74) is 2.37. The van der Waals surface area contributed by atoms with Crippen LogP contribution >= 0.6 is 11.8 Å². The Morgan fingerprint density at radius 3 is 2.58 bits per heavy atom. The highest BCUT2D eigenvalue weighted by molar-refractivity contribution is 7.99. The van der Waals surface area contributed by atoms with Gasteiger partial charge in [0.25, 0.3) is 5.91 Å². The van der Waals surface area contributed by atoms with E-state index in [4.69, 9.17) is 9.47 Å². The van der Waals surface area contributed by atoms with Gasteiger partial charge in [-0.15, -0.1) is 10.2 Å². The maximum Gasteiger partial charge on any atom is 0.316 e. The van der Waals surface area contributed by atoms with Crippen LogP contribution in [0.15, 0.2) is 53.7 Å². The standard InChI is InChI=1S/C22H24N4O4S/c1-4-30-18-10-8-17(9-11-18)26-19(24-25-22(26)31-14-20(27)29-3)13-23-21(28)16-7-5-6-15(2)12-16/h5-12H,4,13-14H2,1-3H3,(H,23,28). The van der Waals surface area contributed by atoms with Gasteiger partial charge in [0.2, 0.25) is 0 Å². The molecule has 1 amide bonds. The molecule has 9 heteroatoms. The Hall–Kier alpha value is -3.33. The van der Waals surface area contributed by atoms with Crippen LogP contribution in [-0.2, 0) is 16.1 Å². The number of carbonyl (C=O) groups excluding carboxylic acids is 2. The molecule has 3 aromatic rings. The van der Waals surface area contributed by atoms with Gasteiger partial charge in [0.05, 0.1) is 26.0 Å². The van der Waals surface area contributed by atoms with Crippen molar-refractivity contribution in [1.29, 1.82) is 0 Å². The second-order valence-corrected chi connectivity index (χ2v) is 7.52. The summed E-state index contributed by atoms with van der Waals surface area (Å²) in [4.78, 5) is 24.1. The molecule has 0 radical (unpaired) electrons. The van der Waals surface area contributed by atoms with Gasteiger partial charge in [0.15, 0.2) is 11.0 Å². The molecule has 0 bridgehead atoms. The summed E-state index contributed by atoms with van der Waals surface area (Å²) in [5.74, 6) is 0.825. The van der Waals surface area contributed by atoms with E-state index in [1.54, 1.807) is 10.6 Å². The van der Waals surface area contributed by atoms with Crippen LogP contribution in [0.2, 0.25) is 0 Å². The second kappa shape index (κ2) is 10.6. The Balaban J connectivity index is 1.84. The molecule has 0 aliphatic carbocycles. The van der Waals surface area contributed by atoms with Crippen molar-refractivity contribution in [3.63, 3.8) is 0 Å². The van der Waals surface area contributed by atoms with E-state index in [1.165, 1.54) is 18.9 Å². The van der Waals surface area contributed by atoms with E-state index in [9.17, 15) is 9.59 Å². The minimum absolute atomic E-state index is 0.0985. The molecule has 1 N–H and O–H groups in total. The summed E-state index contributed by atoms with van der Waals surface area (Å²) in [6.07, 6.45) is 0. The summed E-state index contributed by atoms with van der Waals surface area (Å²) >= 11 is 1.21. The lowest BCUT2D eigenvalue weighted by Crippen LogP contribution is -2.24. The van der Waals surface area contributed by atoms with E-state index in [-0.39, 0.29) is 24.2 Å². The molecule has 0 aliphatic heterocycles.